The van der Waals surface area contributed by atoms with E-state index in [2.05, 4.69) is 21.5 Å². The molecule has 0 radical (unpaired) electrons. The van der Waals surface area contributed by atoms with Crippen molar-refractivity contribution in [2.75, 3.05) is 20.2 Å². The van der Waals surface area contributed by atoms with Gasteiger partial charge in [0.25, 0.3) is 0 Å². The third-order valence-electron chi connectivity index (χ3n) is 2.17. The van der Waals surface area contributed by atoms with Crippen LogP contribution in [0.2, 0.25) is 0 Å². The molecule has 0 aromatic carbocycles. The van der Waals surface area contributed by atoms with Crippen molar-refractivity contribution in [3.63, 3.8) is 0 Å². The molecule has 16 heavy (non-hydrogen) atoms. The summed E-state index contributed by atoms with van der Waals surface area (Å²) < 4.78 is 4.67. The highest BCUT2D eigenvalue weighted by Gasteiger charge is 2.11. The molecule has 0 N–H and O–H groups in total. The largest absolute Gasteiger partial charge is 0.468 e. The fraction of sp³-hybridized carbons (Fsp3) is 0.636. The van der Waals surface area contributed by atoms with Gasteiger partial charge in [0.05, 0.1) is 24.4 Å². The van der Waals surface area contributed by atoms with Gasteiger partial charge in [-0.25, -0.2) is 4.98 Å². The van der Waals surface area contributed by atoms with Crippen molar-refractivity contribution in [2.24, 2.45) is 0 Å². The zero-order valence-corrected chi connectivity index (χ0v) is 10.8. The number of hydrogen-bond acceptors (Lipinski definition) is 5. The summed E-state index contributed by atoms with van der Waals surface area (Å²) in [7, 11) is 1.42. The molecular formula is C11H18N2O2S. The zero-order valence-electron chi connectivity index (χ0n) is 10.0. The molecule has 1 rings (SSSR count). The number of methoxy groups -OCH3 is 1. The minimum atomic E-state index is -0.194. The predicted octanol–water partition coefficient (Wildman–Crippen LogP) is 1.84. The van der Waals surface area contributed by atoms with Gasteiger partial charge in [0, 0.05) is 11.9 Å². The lowest BCUT2D eigenvalue weighted by Crippen LogP contribution is -2.31. The van der Waals surface area contributed by atoms with E-state index in [-0.39, 0.29) is 5.97 Å². The minimum absolute atomic E-state index is 0.194. The SMILES string of the molecule is CCCN(CC(=O)OC)Cc1csc(C)n1. The third-order valence-corrected chi connectivity index (χ3v) is 2.99. The quantitative estimate of drug-likeness (QED) is 0.714. The summed E-state index contributed by atoms with van der Waals surface area (Å²) in [5, 5.41) is 3.10. The average molecular weight is 242 g/mol. The Morgan fingerprint density at radius 2 is 2.38 bits per heavy atom. The summed E-state index contributed by atoms with van der Waals surface area (Å²) in [6.07, 6.45) is 1.01. The van der Waals surface area contributed by atoms with Gasteiger partial charge >= 0.3 is 5.97 Å². The van der Waals surface area contributed by atoms with Crippen molar-refractivity contribution in [3.05, 3.63) is 16.1 Å². The van der Waals surface area contributed by atoms with Gasteiger partial charge in [-0.15, -0.1) is 11.3 Å². The van der Waals surface area contributed by atoms with Gasteiger partial charge < -0.3 is 4.74 Å². The van der Waals surface area contributed by atoms with E-state index in [0.29, 0.717) is 13.1 Å². The van der Waals surface area contributed by atoms with E-state index in [1.165, 1.54) is 7.11 Å². The van der Waals surface area contributed by atoms with Crippen molar-refractivity contribution in [1.29, 1.82) is 0 Å². The number of aryl methyl sites for hydroxylation is 1. The fourth-order valence-corrected chi connectivity index (χ4v) is 2.09. The molecule has 0 fully saturated rings. The van der Waals surface area contributed by atoms with Crippen molar-refractivity contribution in [2.45, 2.75) is 26.8 Å². The standard InChI is InChI=1S/C11H18N2O2S/c1-4-5-13(7-11(14)15-3)6-10-8-16-9(2)12-10/h8H,4-7H2,1-3H3. The van der Waals surface area contributed by atoms with E-state index in [1.807, 2.05) is 12.3 Å². The molecule has 5 heteroatoms. The lowest BCUT2D eigenvalue weighted by molar-refractivity contribution is -0.142. The number of nitrogens with zero attached hydrogens (tertiary/aromatic N) is 2. The number of esters is 1. The molecule has 0 aliphatic carbocycles. The van der Waals surface area contributed by atoms with Crippen LogP contribution in [0.1, 0.15) is 24.0 Å². The second kappa shape index (κ2) is 6.60. The molecule has 1 aromatic heterocycles. The summed E-state index contributed by atoms with van der Waals surface area (Å²) in [5.74, 6) is -0.194. The minimum Gasteiger partial charge on any atom is -0.468 e. The highest BCUT2D eigenvalue weighted by molar-refractivity contribution is 7.09. The maximum Gasteiger partial charge on any atom is 0.319 e. The molecule has 0 atom stereocenters. The number of aromatic nitrogens is 1. The van der Waals surface area contributed by atoms with Crippen LogP contribution >= 0.6 is 11.3 Å². The maximum absolute atomic E-state index is 11.2. The molecule has 0 saturated heterocycles. The van der Waals surface area contributed by atoms with Gasteiger partial charge in [-0.3, -0.25) is 9.69 Å². The van der Waals surface area contributed by atoms with Gasteiger partial charge in [0.1, 0.15) is 0 Å². The van der Waals surface area contributed by atoms with E-state index < -0.39 is 0 Å². The van der Waals surface area contributed by atoms with Gasteiger partial charge in [0.15, 0.2) is 0 Å². The fourth-order valence-electron chi connectivity index (χ4n) is 1.49. The molecule has 0 aliphatic heterocycles. The van der Waals surface area contributed by atoms with E-state index in [1.54, 1.807) is 11.3 Å². The Labute approximate surface area is 100 Å². The summed E-state index contributed by atoms with van der Waals surface area (Å²) in [6.45, 7) is 6.01. The van der Waals surface area contributed by atoms with Gasteiger partial charge in [-0.05, 0) is 19.9 Å². The van der Waals surface area contributed by atoms with Crippen LogP contribution in [0.25, 0.3) is 0 Å². The first-order chi connectivity index (χ1) is 7.65. The van der Waals surface area contributed by atoms with Crippen LogP contribution in [0.4, 0.5) is 0 Å². The number of carbonyl (C=O) groups excluding carboxylic acids is 1. The number of hydrogen-bond donors (Lipinski definition) is 0. The second-order valence-corrected chi connectivity index (χ2v) is 4.71. The van der Waals surface area contributed by atoms with Crippen LogP contribution in [-0.4, -0.2) is 36.1 Å². The predicted molar refractivity (Wildman–Crippen MR) is 64.4 cm³/mol. The average Bonchev–Trinajstić information content (AvgIpc) is 2.64. The van der Waals surface area contributed by atoms with Crippen LogP contribution in [-0.2, 0) is 16.1 Å². The summed E-state index contributed by atoms with van der Waals surface area (Å²) in [6, 6.07) is 0. The molecule has 0 aliphatic rings. The van der Waals surface area contributed by atoms with Crippen LogP contribution in [0.15, 0.2) is 5.38 Å². The van der Waals surface area contributed by atoms with Crippen molar-refractivity contribution in [3.8, 4) is 0 Å². The Hall–Kier alpha value is -0.940. The molecule has 0 bridgehead atoms. The van der Waals surface area contributed by atoms with Crippen LogP contribution < -0.4 is 0 Å². The van der Waals surface area contributed by atoms with E-state index in [9.17, 15) is 4.79 Å². The molecule has 0 saturated carbocycles. The summed E-state index contributed by atoms with van der Waals surface area (Å²) in [4.78, 5) is 17.7. The Kier molecular flexibility index (Phi) is 5.42. The maximum atomic E-state index is 11.2. The van der Waals surface area contributed by atoms with E-state index in [4.69, 9.17) is 0 Å². The van der Waals surface area contributed by atoms with Crippen LogP contribution in [0.5, 0.6) is 0 Å². The molecule has 4 nitrogen and oxygen atoms in total. The van der Waals surface area contributed by atoms with E-state index in [0.717, 1.165) is 23.7 Å². The lowest BCUT2D eigenvalue weighted by Gasteiger charge is -2.18. The van der Waals surface area contributed by atoms with Gasteiger partial charge in [-0.1, -0.05) is 6.92 Å². The lowest BCUT2D eigenvalue weighted by atomic mass is 10.3. The third kappa shape index (κ3) is 4.28. The Morgan fingerprint density at radius 3 is 2.88 bits per heavy atom. The number of ether oxygens (including phenoxy) is 1. The van der Waals surface area contributed by atoms with E-state index >= 15 is 0 Å². The molecule has 0 amide bonds. The second-order valence-electron chi connectivity index (χ2n) is 3.64. The molecular weight excluding hydrogens is 224 g/mol. The molecule has 0 unspecified atom stereocenters. The first-order valence-electron chi connectivity index (χ1n) is 5.36. The Morgan fingerprint density at radius 1 is 1.62 bits per heavy atom. The molecule has 90 valence electrons. The highest BCUT2D eigenvalue weighted by Crippen LogP contribution is 2.10. The van der Waals surface area contributed by atoms with Crippen molar-refractivity contribution < 1.29 is 9.53 Å². The number of thiazole rings is 1. The number of carbonyl (C=O) groups is 1. The zero-order chi connectivity index (χ0) is 12.0. The first-order valence-corrected chi connectivity index (χ1v) is 6.23. The molecule has 0 spiro atoms. The van der Waals surface area contributed by atoms with Crippen molar-refractivity contribution >= 4 is 17.3 Å². The van der Waals surface area contributed by atoms with Crippen molar-refractivity contribution in [1.82, 2.24) is 9.88 Å². The Bertz CT molecular complexity index is 338. The summed E-state index contributed by atoms with van der Waals surface area (Å²) in [5.41, 5.74) is 1.03. The number of rotatable bonds is 6. The highest BCUT2D eigenvalue weighted by atomic mass is 32.1. The van der Waals surface area contributed by atoms with Crippen LogP contribution in [0.3, 0.4) is 0 Å². The van der Waals surface area contributed by atoms with Gasteiger partial charge in [-0.2, -0.15) is 0 Å². The van der Waals surface area contributed by atoms with Gasteiger partial charge in [0.2, 0.25) is 0 Å². The Balaban J connectivity index is 2.53. The molecule has 1 heterocycles. The first kappa shape index (κ1) is 13.1. The smallest absolute Gasteiger partial charge is 0.319 e. The van der Waals surface area contributed by atoms with Crippen LogP contribution in [0, 0.1) is 6.92 Å². The normalized spacial score (nSPS) is 10.8. The topological polar surface area (TPSA) is 42.4 Å². The monoisotopic (exact) mass is 242 g/mol. The summed E-state index contributed by atoms with van der Waals surface area (Å²) >= 11 is 1.64. The molecule has 1 aromatic rings.